The third-order valence-electron chi connectivity index (χ3n) is 5.55. The fraction of sp³-hybridized carbons (Fsp3) is 0.500. The van der Waals surface area contributed by atoms with Crippen molar-refractivity contribution in [3.8, 4) is 17.1 Å². The van der Waals surface area contributed by atoms with Gasteiger partial charge in [0.05, 0.1) is 30.5 Å². The summed E-state index contributed by atoms with van der Waals surface area (Å²) in [6, 6.07) is 3.61. The van der Waals surface area contributed by atoms with Crippen LogP contribution in [0.4, 0.5) is 0 Å². The number of esters is 1. The van der Waals surface area contributed by atoms with E-state index in [9.17, 15) is 9.59 Å². The van der Waals surface area contributed by atoms with Crippen LogP contribution in [0.25, 0.3) is 11.4 Å². The van der Waals surface area contributed by atoms with E-state index in [2.05, 4.69) is 15.3 Å². The zero-order valence-electron chi connectivity index (χ0n) is 15.0. The monoisotopic (exact) mass is 356 g/mol. The molecule has 0 aromatic carbocycles. The van der Waals surface area contributed by atoms with Crippen LogP contribution in [-0.2, 0) is 16.6 Å². The molecule has 8 heteroatoms. The number of methoxy groups -OCH3 is 1. The Kier molecular flexibility index (Phi) is 3.61. The largest absolute Gasteiger partial charge is 0.491 e. The highest BCUT2D eigenvalue weighted by molar-refractivity contribution is 5.82. The second kappa shape index (κ2) is 5.62. The van der Waals surface area contributed by atoms with Gasteiger partial charge in [0.1, 0.15) is 17.1 Å². The third-order valence-corrected chi connectivity index (χ3v) is 5.55. The van der Waals surface area contributed by atoms with Gasteiger partial charge in [-0.2, -0.15) is 0 Å². The van der Waals surface area contributed by atoms with Crippen molar-refractivity contribution < 1.29 is 19.1 Å². The number of hydrogen-bond donors (Lipinski definition) is 0. The predicted octanol–water partition coefficient (Wildman–Crippen LogP) is 1.72. The van der Waals surface area contributed by atoms with Gasteiger partial charge in [0, 0.05) is 12.5 Å². The Morgan fingerprint density at radius 2 is 2.08 bits per heavy atom. The van der Waals surface area contributed by atoms with Gasteiger partial charge in [0.15, 0.2) is 6.29 Å². The summed E-state index contributed by atoms with van der Waals surface area (Å²) in [5.74, 6) is 0.596. The number of aromatic nitrogens is 4. The van der Waals surface area contributed by atoms with E-state index >= 15 is 0 Å². The zero-order valence-corrected chi connectivity index (χ0v) is 15.0. The average molecular weight is 356 g/mol. The van der Waals surface area contributed by atoms with Crippen molar-refractivity contribution in [2.45, 2.75) is 26.2 Å². The Morgan fingerprint density at radius 3 is 2.69 bits per heavy atom. The number of hydrogen-bond acceptors (Lipinski definition) is 7. The van der Waals surface area contributed by atoms with Crippen LogP contribution in [-0.4, -0.2) is 45.9 Å². The topological polar surface area (TPSA) is 96.2 Å². The molecule has 0 amide bonds. The fourth-order valence-electron chi connectivity index (χ4n) is 4.33. The van der Waals surface area contributed by atoms with E-state index < -0.39 is 0 Å². The summed E-state index contributed by atoms with van der Waals surface area (Å²) < 4.78 is 12.3. The van der Waals surface area contributed by atoms with Crippen molar-refractivity contribution in [3.63, 3.8) is 0 Å². The summed E-state index contributed by atoms with van der Waals surface area (Å²) in [5, 5.41) is 7.87. The van der Waals surface area contributed by atoms with E-state index in [0.29, 0.717) is 29.4 Å². The molecule has 0 atom stereocenters. The first-order chi connectivity index (χ1) is 12.4. The molecule has 2 aromatic rings. The number of carbonyl (C=O) groups is 2. The van der Waals surface area contributed by atoms with Gasteiger partial charge in [0.2, 0.25) is 0 Å². The van der Waals surface area contributed by atoms with Gasteiger partial charge >= 0.3 is 5.97 Å². The number of nitrogens with zero attached hydrogens (tertiary/aromatic N) is 4. The van der Waals surface area contributed by atoms with Crippen molar-refractivity contribution in [2.24, 2.45) is 17.9 Å². The van der Waals surface area contributed by atoms with Crippen molar-refractivity contribution in [3.05, 3.63) is 23.5 Å². The van der Waals surface area contributed by atoms with Gasteiger partial charge < -0.3 is 9.47 Å². The number of pyridine rings is 1. The molecule has 0 aliphatic heterocycles. The molecule has 8 nitrogen and oxygen atoms in total. The van der Waals surface area contributed by atoms with Crippen molar-refractivity contribution in [2.75, 3.05) is 13.7 Å². The molecule has 3 fully saturated rings. The smallest absolute Gasteiger partial charge is 0.311 e. The molecule has 3 aliphatic rings. The molecule has 3 saturated carbocycles. The lowest BCUT2D eigenvalue weighted by Gasteiger charge is -2.68. The van der Waals surface area contributed by atoms with E-state index in [1.807, 2.05) is 13.0 Å². The highest BCUT2D eigenvalue weighted by Crippen LogP contribution is 2.73. The lowest BCUT2D eigenvalue weighted by molar-refractivity contribution is -0.233. The molecule has 136 valence electrons. The Bertz CT molecular complexity index is 885. The maximum absolute atomic E-state index is 11.7. The van der Waals surface area contributed by atoms with Gasteiger partial charge in [-0.3, -0.25) is 9.59 Å². The van der Waals surface area contributed by atoms with Crippen LogP contribution in [0.3, 0.4) is 0 Å². The summed E-state index contributed by atoms with van der Waals surface area (Å²) >= 11 is 0. The van der Waals surface area contributed by atoms with Gasteiger partial charge in [-0.15, -0.1) is 5.10 Å². The Morgan fingerprint density at radius 1 is 1.35 bits per heavy atom. The van der Waals surface area contributed by atoms with E-state index in [-0.39, 0.29) is 16.8 Å². The van der Waals surface area contributed by atoms with Gasteiger partial charge in [-0.25, -0.2) is 9.67 Å². The molecule has 3 aliphatic carbocycles. The second-order valence-electron chi connectivity index (χ2n) is 7.44. The lowest BCUT2D eigenvalue weighted by Crippen LogP contribution is -2.67. The molecule has 0 radical (unpaired) electrons. The van der Waals surface area contributed by atoms with Gasteiger partial charge in [-0.1, -0.05) is 5.21 Å². The summed E-state index contributed by atoms with van der Waals surface area (Å²) in [6.07, 6.45) is 3.22. The maximum atomic E-state index is 11.7. The summed E-state index contributed by atoms with van der Waals surface area (Å²) in [5.41, 5.74) is 1.98. The van der Waals surface area contributed by atoms with E-state index in [1.165, 1.54) is 11.8 Å². The van der Waals surface area contributed by atoms with Crippen LogP contribution in [0.1, 0.15) is 35.4 Å². The minimum absolute atomic E-state index is 0.0922. The summed E-state index contributed by atoms with van der Waals surface area (Å²) in [6.45, 7) is 2.42. The fourth-order valence-corrected chi connectivity index (χ4v) is 4.33. The number of ether oxygens (including phenoxy) is 2. The number of rotatable bonds is 6. The molecule has 26 heavy (non-hydrogen) atoms. The number of carbonyl (C=O) groups excluding carboxylic acids is 2. The lowest BCUT2D eigenvalue weighted by atomic mass is 9.35. The Hall–Kier alpha value is -2.77. The maximum Gasteiger partial charge on any atom is 0.311 e. The second-order valence-corrected chi connectivity index (χ2v) is 7.44. The number of aryl methyl sites for hydroxylation is 2. The quantitative estimate of drug-likeness (QED) is 0.574. The highest BCUT2D eigenvalue weighted by atomic mass is 16.5. The molecular formula is C18H20N4O4. The van der Waals surface area contributed by atoms with E-state index in [1.54, 1.807) is 13.1 Å². The molecule has 0 spiro atoms. The summed E-state index contributed by atoms with van der Waals surface area (Å²) in [4.78, 5) is 27.4. The molecule has 0 saturated heterocycles. The van der Waals surface area contributed by atoms with Crippen LogP contribution in [0.5, 0.6) is 5.75 Å². The Labute approximate surface area is 150 Å². The Balaban J connectivity index is 1.44. The first-order valence-corrected chi connectivity index (χ1v) is 8.46. The van der Waals surface area contributed by atoms with Crippen LogP contribution in [0.15, 0.2) is 12.1 Å². The van der Waals surface area contributed by atoms with Gasteiger partial charge in [-0.05, 0) is 38.3 Å². The third kappa shape index (κ3) is 2.32. The molecule has 2 heterocycles. The first-order valence-electron chi connectivity index (χ1n) is 8.46. The molecule has 2 aromatic heterocycles. The minimum Gasteiger partial charge on any atom is -0.491 e. The minimum atomic E-state index is -0.257. The molecule has 2 bridgehead atoms. The molecular weight excluding hydrogens is 336 g/mol. The number of aldehydes is 1. The van der Waals surface area contributed by atoms with E-state index in [4.69, 9.17) is 9.47 Å². The van der Waals surface area contributed by atoms with Crippen molar-refractivity contribution >= 4 is 12.3 Å². The SMILES string of the molecule is COC(=O)C12CC(COc3ccc(-c4nnn(C)c4C=O)nc3C)(C1)C2. The van der Waals surface area contributed by atoms with Crippen LogP contribution >= 0.6 is 0 Å². The molecule has 0 unspecified atom stereocenters. The summed E-state index contributed by atoms with van der Waals surface area (Å²) in [7, 11) is 3.10. The van der Waals surface area contributed by atoms with Crippen molar-refractivity contribution in [1.29, 1.82) is 0 Å². The van der Waals surface area contributed by atoms with Crippen LogP contribution in [0.2, 0.25) is 0 Å². The first kappa shape index (κ1) is 16.7. The molecule has 0 N–H and O–H groups in total. The standard InChI is InChI=1S/C18H20N4O4/c1-11-14(26-10-17-7-18(8-17,9-17)16(24)25-3)5-4-12(19-11)15-13(6-23)22(2)21-20-15/h4-6H,7-10H2,1-3H3. The zero-order chi connectivity index (χ0) is 18.5. The predicted molar refractivity (Wildman–Crippen MR) is 90.6 cm³/mol. The average Bonchev–Trinajstić information content (AvgIpc) is 2.93. The highest BCUT2D eigenvalue weighted by Gasteiger charge is 2.72. The van der Waals surface area contributed by atoms with Gasteiger partial charge in [0.25, 0.3) is 0 Å². The molecule has 5 rings (SSSR count). The van der Waals surface area contributed by atoms with Crippen molar-refractivity contribution in [1.82, 2.24) is 20.0 Å². The normalized spacial score (nSPS) is 25.8. The van der Waals surface area contributed by atoms with Crippen LogP contribution in [0, 0.1) is 17.8 Å². The van der Waals surface area contributed by atoms with E-state index in [0.717, 1.165) is 31.2 Å². The van der Waals surface area contributed by atoms with Crippen LogP contribution < -0.4 is 4.74 Å².